The van der Waals surface area contributed by atoms with Crippen LogP contribution in [0, 0.1) is 0 Å². The van der Waals surface area contributed by atoms with Crippen LogP contribution >= 0.6 is 8.03 Å². The maximum atomic E-state index is 11.1. The molecule has 9 nitrogen and oxygen atoms in total. The van der Waals surface area contributed by atoms with Gasteiger partial charge in [0.05, 0.1) is 12.4 Å². The van der Waals surface area contributed by atoms with E-state index in [-0.39, 0.29) is 18.9 Å². The molecule has 2 aromatic heterocycles. The fraction of sp³-hybridized carbons (Fsp3) is 0.667. The molecular weight excluding hydrogens is 379 g/mol. The molecule has 3 heterocycles. The Labute approximate surface area is 167 Å². The zero-order chi connectivity index (χ0) is 20.7. The third-order valence-electron chi connectivity index (χ3n) is 4.22. The van der Waals surface area contributed by atoms with E-state index in [4.69, 9.17) is 9.26 Å². The summed E-state index contributed by atoms with van der Waals surface area (Å²) in [5, 5.41) is 0. The van der Waals surface area contributed by atoms with Crippen LogP contribution in [0.4, 0.5) is 5.82 Å². The minimum atomic E-state index is -1.63. The number of nitrogens with zero attached hydrogens (tertiary/aromatic N) is 6. The van der Waals surface area contributed by atoms with Crippen molar-refractivity contribution >= 4 is 30.8 Å². The number of aromatic nitrogens is 4. The van der Waals surface area contributed by atoms with E-state index in [0.717, 1.165) is 25.2 Å². The second-order valence-corrected chi connectivity index (χ2v) is 7.49. The fourth-order valence-electron chi connectivity index (χ4n) is 2.90. The number of imidazole rings is 1. The van der Waals surface area contributed by atoms with Gasteiger partial charge in [0, 0.05) is 20.0 Å². The van der Waals surface area contributed by atoms with Crippen molar-refractivity contribution < 1.29 is 13.8 Å². The summed E-state index contributed by atoms with van der Waals surface area (Å²) in [6, 6.07) is 0. The molecule has 10 heteroatoms. The summed E-state index contributed by atoms with van der Waals surface area (Å²) in [6.07, 6.45) is 4.70. The van der Waals surface area contributed by atoms with Gasteiger partial charge in [0.1, 0.15) is 25.0 Å². The summed E-state index contributed by atoms with van der Waals surface area (Å²) in [7, 11) is 0.399. The molecule has 1 aliphatic rings. The molecule has 154 valence electrons. The van der Waals surface area contributed by atoms with E-state index in [1.165, 1.54) is 13.0 Å². The van der Waals surface area contributed by atoms with Crippen LogP contribution in [-0.2, 0) is 13.8 Å². The van der Waals surface area contributed by atoms with Gasteiger partial charge in [-0.15, -0.1) is 4.52 Å². The maximum Gasteiger partial charge on any atom is 0.504 e. The Kier molecular flexibility index (Phi) is 8.41. The molecule has 0 bridgehead atoms. The van der Waals surface area contributed by atoms with Crippen molar-refractivity contribution in [3.05, 3.63) is 12.7 Å². The van der Waals surface area contributed by atoms with Gasteiger partial charge in [0.15, 0.2) is 23.6 Å². The van der Waals surface area contributed by atoms with E-state index < -0.39 is 8.03 Å². The Morgan fingerprint density at radius 1 is 1.29 bits per heavy atom. The molecule has 1 aliphatic heterocycles. The number of amidine groups is 1. The first-order valence-corrected chi connectivity index (χ1v) is 11.2. The molecule has 3 rings (SSSR count). The molecule has 0 N–H and O–H groups in total. The van der Waals surface area contributed by atoms with Crippen molar-refractivity contribution in [2.75, 3.05) is 26.9 Å². The van der Waals surface area contributed by atoms with E-state index in [2.05, 4.69) is 24.8 Å². The first-order valence-electron chi connectivity index (χ1n) is 9.61. The lowest BCUT2D eigenvalue weighted by atomic mass is 10.4. The minimum Gasteiger partial charge on any atom is -0.363 e. The summed E-state index contributed by atoms with van der Waals surface area (Å²) in [5.41, 5.74) is 1.32. The van der Waals surface area contributed by atoms with Crippen LogP contribution < -0.4 is 0 Å². The monoisotopic (exact) mass is 409 g/mol. The summed E-state index contributed by atoms with van der Waals surface area (Å²) in [5.74, 6) is 1.59. The van der Waals surface area contributed by atoms with Gasteiger partial charge >= 0.3 is 8.03 Å². The Morgan fingerprint density at radius 2 is 2.04 bits per heavy atom. The van der Waals surface area contributed by atoms with Crippen molar-refractivity contribution in [3.63, 3.8) is 0 Å². The van der Waals surface area contributed by atoms with Crippen molar-refractivity contribution in [1.82, 2.24) is 24.4 Å². The lowest BCUT2D eigenvalue weighted by Crippen LogP contribution is -2.20. The standard InChI is InChI=1S/C16H24N6O3P.C2H6/c1-11(8-24-26(4)23)25-12(2)22-10-19-14-15(17-9-18-16(14)22)20-13-6-5-7-21(13)3;1-2/h9-12H,5-8H2,1-4H3;1-2H3/q+1;/b20-13+;. The molecule has 0 amide bonds. The predicted octanol–water partition coefficient (Wildman–Crippen LogP) is 3.92. The number of rotatable bonds is 7. The molecule has 1 saturated heterocycles. The van der Waals surface area contributed by atoms with Crippen LogP contribution in [0.3, 0.4) is 0 Å². The zero-order valence-electron chi connectivity index (χ0n) is 17.5. The van der Waals surface area contributed by atoms with Gasteiger partial charge in [-0.3, -0.25) is 4.57 Å². The SMILES string of the molecule is CC.CC(CO[P+](C)=O)OC(C)n1cnc2c(/N=C3\CCCN3C)ncnc21. The molecule has 0 aromatic carbocycles. The third-order valence-corrected chi connectivity index (χ3v) is 4.73. The molecule has 0 saturated carbocycles. The van der Waals surface area contributed by atoms with Gasteiger partial charge in [0.2, 0.25) is 0 Å². The fourth-order valence-corrected chi connectivity index (χ4v) is 3.32. The van der Waals surface area contributed by atoms with Gasteiger partial charge in [-0.1, -0.05) is 13.8 Å². The largest absolute Gasteiger partial charge is 0.504 e. The van der Waals surface area contributed by atoms with Crippen LogP contribution in [0.25, 0.3) is 11.2 Å². The molecule has 2 aromatic rings. The van der Waals surface area contributed by atoms with Crippen LogP contribution in [0.5, 0.6) is 0 Å². The molecule has 0 spiro atoms. The molecule has 28 heavy (non-hydrogen) atoms. The number of aliphatic imine (C=N–C) groups is 1. The van der Waals surface area contributed by atoms with Crippen LogP contribution in [0.2, 0.25) is 0 Å². The molecule has 0 radical (unpaired) electrons. The molecule has 3 unspecified atom stereocenters. The number of likely N-dealkylation sites (tertiary alicyclic amines) is 1. The van der Waals surface area contributed by atoms with Gasteiger partial charge in [-0.25, -0.2) is 19.9 Å². The first-order chi connectivity index (χ1) is 13.5. The Hall–Kier alpha value is -1.96. The highest BCUT2D eigenvalue weighted by molar-refractivity contribution is 7.38. The van der Waals surface area contributed by atoms with Gasteiger partial charge < -0.3 is 9.64 Å². The highest BCUT2D eigenvalue weighted by Gasteiger charge is 2.20. The third kappa shape index (κ3) is 5.53. The van der Waals surface area contributed by atoms with Gasteiger partial charge in [0.25, 0.3) is 0 Å². The van der Waals surface area contributed by atoms with E-state index >= 15 is 0 Å². The minimum absolute atomic E-state index is 0.213. The predicted molar refractivity (Wildman–Crippen MR) is 110 cm³/mol. The van der Waals surface area contributed by atoms with Crippen molar-refractivity contribution in [1.29, 1.82) is 0 Å². The van der Waals surface area contributed by atoms with Crippen LogP contribution in [0.15, 0.2) is 17.6 Å². The van der Waals surface area contributed by atoms with Crippen LogP contribution in [0.1, 0.15) is 46.8 Å². The van der Waals surface area contributed by atoms with Crippen molar-refractivity contribution in [2.24, 2.45) is 4.99 Å². The van der Waals surface area contributed by atoms with Gasteiger partial charge in [-0.2, -0.15) is 0 Å². The highest BCUT2D eigenvalue weighted by Crippen LogP contribution is 2.25. The van der Waals surface area contributed by atoms with E-state index in [1.807, 2.05) is 39.3 Å². The number of hydrogen-bond donors (Lipinski definition) is 0. The number of ether oxygens (including phenoxy) is 1. The van der Waals surface area contributed by atoms with Crippen molar-refractivity contribution in [3.8, 4) is 0 Å². The van der Waals surface area contributed by atoms with Gasteiger partial charge in [-0.05, 0) is 24.8 Å². The number of fused-ring (bicyclic) bond motifs is 1. The summed E-state index contributed by atoms with van der Waals surface area (Å²) < 4.78 is 23.9. The molecular formula is C18H30N6O3P+. The average Bonchev–Trinajstić information content (AvgIpc) is 3.29. The Bertz CT molecular complexity index is 825. The zero-order valence-corrected chi connectivity index (χ0v) is 18.4. The summed E-state index contributed by atoms with van der Waals surface area (Å²) in [6.45, 7) is 10.6. The lowest BCUT2D eigenvalue weighted by molar-refractivity contribution is -0.0488. The van der Waals surface area contributed by atoms with E-state index in [1.54, 1.807) is 6.33 Å². The highest BCUT2D eigenvalue weighted by atomic mass is 31.1. The summed E-state index contributed by atoms with van der Waals surface area (Å²) >= 11 is 0. The van der Waals surface area contributed by atoms with Crippen molar-refractivity contribution in [2.45, 2.75) is 52.9 Å². The number of hydrogen-bond acceptors (Lipinski definition) is 7. The lowest BCUT2D eigenvalue weighted by Gasteiger charge is -2.18. The second kappa shape index (κ2) is 10.5. The normalized spacial score (nSPS) is 18.1. The molecule has 0 aliphatic carbocycles. The van der Waals surface area contributed by atoms with E-state index in [0.29, 0.717) is 17.0 Å². The molecule has 3 atom stereocenters. The Balaban J connectivity index is 0.00000136. The smallest absolute Gasteiger partial charge is 0.363 e. The topological polar surface area (TPSA) is 94.7 Å². The Morgan fingerprint density at radius 3 is 2.68 bits per heavy atom. The molecule has 1 fully saturated rings. The van der Waals surface area contributed by atoms with E-state index in [9.17, 15) is 4.57 Å². The summed E-state index contributed by atoms with van der Waals surface area (Å²) in [4.78, 5) is 19.9. The first kappa shape index (κ1) is 22.3. The maximum absolute atomic E-state index is 11.1. The quantitative estimate of drug-likeness (QED) is 0.640. The second-order valence-electron chi connectivity index (χ2n) is 6.36. The van der Waals surface area contributed by atoms with Crippen LogP contribution in [-0.4, -0.2) is 63.2 Å². The average molecular weight is 409 g/mol.